The smallest absolute Gasteiger partial charge is 0.222 e. The molecule has 0 atom stereocenters. The van der Waals surface area contributed by atoms with Crippen molar-refractivity contribution in [2.24, 2.45) is 5.92 Å². The number of aryl methyl sites for hydroxylation is 3. The number of aromatic nitrogens is 1. The second kappa shape index (κ2) is 9.38. The van der Waals surface area contributed by atoms with E-state index >= 15 is 0 Å². The lowest BCUT2D eigenvalue weighted by molar-refractivity contribution is -0.133. The van der Waals surface area contributed by atoms with Gasteiger partial charge in [0, 0.05) is 25.1 Å². The van der Waals surface area contributed by atoms with Crippen LogP contribution in [0.3, 0.4) is 0 Å². The molecular formula is C28H34FN3O. The van der Waals surface area contributed by atoms with Crippen molar-refractivity contribution in [3.05, 3.63) is 69.8 Å². The van der Waals surface area contributed by atoms with Crippen LogP contribution in [-0.2, 0) is 17.6 Å². The van der Waals surface area contributed by atoms with Crippen molar-refractivity contribution >= 4 is 11.5 Å². The van der Waals surface area contributed by atoms with E-state index in [0.717, 1.165) is 76.0 Å². The maximum absolute atomic E-state index is 14.0. The summed E-state index contributed by atoms with van der Waals surface area (Å²) in [6, 6.07) is 8.29. The number of piperidine rings is 2. The molecule has 1 amide bonds. The third kappa shape index (κ3) is 4.74. The maximum atomic E-state index is 14.0. The first-order valence-electron chi connectivity index (χ1n) is 12.4. The molecule has 2 aliphatic heterocycles. The summed E-state index contributed by atoms with van der Waals surface area (Å²) in [5.74, 6) is 0.567. The Kier molecular flexibility index (Phi) is 6.33. The van der Waals surface area contributed by atoms with Gasteiger partial charge in [-0.2, -0.15) is 0 Å². The third-order valence-corrected chi connectivity index (χ3v) is 7.74. The van der Waals surface area contributed by atoms with Crippen molar-refractivity contribution in [3.63, 3.8) is 0 Å². The molecule has 1 aromatic carbocycles. The molecule has 0 unspecified atom stereocenters. The molecule has 2 saturated heterocycles. The molecule has 3 aliphatic rings. The SMILES string of the molecule is Cc1ccc2c(c1)CCc1cc(F)cnc1C2=C1CCN(C(=O)CC2CCN(C)CC2)CC1. The van der Waals surface area contributed by atoms with Gasteiger partial charge in [0.05, 0.1) is 11.9 Å². The van der Waals surface area contributed by atoms with Crippen molar-refractivity contribution in [1.82, 2.24) is 14.8 Å². The second-order valence-corrected chi connectivity index (χ2v) is 10.1. The Bertz CT molecular complexity index is 1020. The molecule has 33 heavy (non-hydrogen) atoms. The molecule has 0 spiro atoms. The zero-order chi connectivity index (χ0) is 22.9. The lowest BCUT2D eigenvalue weighted by Gasteiger charge is -2.33. The van der Waals surface area contributed by atoms with E-state index in [4.69, 9.17) is 0 Å². The van der Waals surface area contributed by atoms with E-state index in [1.54, 1.807) is 6.07 Å². The fourth-order valence-electron chi connectivity index (χ4n) is 5.74. The van der Waals surface area contributed by atoms with Crippen LogP contribution in [0.15, 0.2) is 36.0 Å². The molecule has 1 aliphatic carbocycles. The highest BCUT2D eigenvalue weighted by Crippen LogP contribution is 2.38. The minimum Gasteiger partial charge on any atom is -0.342 e. The van der Waals surface area contributed by atoms with Gasteiger partial charge < -0.3 is 9.80 Å². The molecule has 4 nitrogen and oxygen atoms in total. The normalized spacial score (nSPS) is 19.8. The quantitative estimate of drug-likeness (QED) is 0.665. The summed E-state index contributed by atoms with van der Waals surface area (Å²) in [6.45, 7) is 5.85. The average Bonchev–Trinajstić information content (AvgIpc) is 2.97. The van der Waals surface area contributed by atoms with Crippen LogP contribution in [0.2, 0.25) is 0 Å². The van der Waals surface area contributed by atoms with Crippen LogP contribution >= 0.6 is 0 Å². The molecule has 3 heterocycles. The van der Waals surface area contributed by atoms with E-state index in [1.807, 2.05) is 0 Å². The second-order valence-electron chi connectivity index (χ2n) is 10.1. The number of rotatable bonds is 2. The summed E-state index contributed by atoms with van der Waals surface area (Å²) in [7, 11) is 2.16. The maximum Gasteiger partial charge on any atom is 0.222 e. The molecule has 0 saturated carbocycles. The summed E-state index contributed by atoms with van der Waals surface area (Å²) in [6.07, 6.45) is 7.70. The van der Waals surface area contributed by atoms with Gasteiger partial charge in [0.15, 0.2) is 0 Å². The lowest BCUT2D eigenvalue weighted by Crippen LogP contribution is -2.39. The molecule has 0 bridgehead atoms. The van der Waals surface area contributed by atoms with E-state index in [0.29, 0.717) is 18.2 Å². The molecule has 5 heteroatoms. The summed E-state index contributed by atoms with van der Waals surface area (Å²) < 4.78 is 14.0. The van der Waals surface area contributed by atoms with E-state index in [2.05, 4.69) is 47.0 Å². The Morgan fingerprint density at radius 3 is 2.52 bits per heavy atom. The van der Waals surface area contributed by atoms with Gasteiger partial charge in [-0.1, -0.05) is 29.3 Å². The Hall–Kier alpha value is -2.53. The predicted molar refractivity (Wildman–Crippen MR) is 129 cm³/mol. The first kappa shape index (κ1) is 22.3. The first-order chi connectivity index (χ1) is 16.0. The number of amides is 1. The van der Waals surface area contributed by atoms with Crippen molar-refractivity contribution in [3.8, 4) is 0 Å². The van der Waals surface area contributed by atoms with Crippen LogP contribution in [0.1, 0.15) is 60.1 Å². The zero-order valence-electron chi connectivity index (χ0n) is 19.9. The highest BCUT2D eigenvalue weighted by molar-refractivity contribution is 5.85. The predicted octanol–water partition coefficient (Wildman–Crippen LogP) is 4.78. The van der Waals surface area contributed by atoms with Gasteiger partial charge in [-0.3, -0.25) is 9.78 Å². The monoisotopic (exact) mass is 447 g/mol. The zero-order valence-corrected chi connectivity index (χ0v) is 19.9. The summed E-state index contributed by atoms with van der Waals surface area (Å²) in [5, 5.41) is 0. The van der Waals surface area contributed by atoms with Crippen LogP contribution < -0.4 is 0 Å². The van der Waals surface area contributed by atoms with Crippen molar-refractivity contribution in [2.45, 2.75) is 51.9 Å². The van der Waals surface area contributed by atoms with Crippen molar-refractivity contribution in [2.75, 3.05) is 33.2 Å². The minimum atomic E-state index is -0.269. The van der Waals surface area contributed by atoms with Gasteiger partial charge in [0.1, 0.15) is 5.82 Å². The highest BCUT2D eigenvalue weighted by atomic mass is 19.1. The van der Waals surface area contributed by atoms with Crippen molar-refractivity contribution < 1.29 is 9.18 Å². The molecule has 0 N–H and O–H groups in total. The van der Waals surface area contributed by atoms with Gasteiger partial charge in [0.25, 0.3) is 0 Å². The fraction of sp³-hybridized carbons (Fsp3) is 0.500. The number of halogens is 1. The first-order valence-corrected chi connectivity index (χ1v) is 12.4. The number of nitrogens with zero attached hydrogens (tertiary/aromatic N) is 3. The van der Waals surface area contributed by atoms with E-state index in [9.17, 15) is 9.18 Å². The summed E-state index contributed by atoms with van der Waals surface area (Å²) in [5.41, 5.74) is 8.26. The topological polar surface area (TPSA) is 36.4 Å². The molecule has 5 rings (SSSR count). The van der Waals surface area contributed by atoms with Gasteiger partial charge in [-0.15, -0.1) is 0 Å². The Labute approximate surface area is 196 Å². The number of benzene rings is 1. The number of hydrogen-bond acceptors (Lipinski definition) is 3. The Balaban J connectivity index is 1.39. The standard InChI is InChI=1S/C28H34FN3O/c1-19-3-6-25-22(15-19)4-5-23-17-24(29)18-30-28(23)27(25)21-9-13-32(14-10-21)26(33)16-20-7-11-31(2)12-8-20/h3,6,15,17-18,20H,4-5,7-14,16H2,1-2H3. The Morgan fingerprint density at radius 1 is 1.03 bits per heavy atom. The number of hydrogen-bond donors (Lipinski definition) is 0. The van der Waals surface area contributed by atoms with E-state index in [-0.39, 0.29) is 5.82 Å². The molecule has 1 aromatic heterocycles. The van der Waals surface area contributed by atoms with Crippen LogP contribution in [0.25, 0.3) is 5.57 Å². The third-order valence-electron chi connectivity index (χ3n) is 7.74. The number of pyridine rings is 1. The van der Waals surface area contributed by atoms with Crippen LogP contribution in [0, 0.1) is 18.7 Å². The van der Waals surface area contributed by atoms with E-state index < -0.39 is 0 Å². The average molecular weight is 448 g/mol. The minimum absolute atomic E-state index is 0.269. The summed E-state index contributed by atoms with van der Waals surface area (Å²) in [4.78, 5) is 22.0. The Morgan fingerprint density at radius 2 is 1.76 bits per heavy atom. The van der Waals surface area contributed by atoms with Crippen LogP contribution in [-0.4, -0.2) is 53.9 Å². The van der Waals surface area contributed by atoms with Crippen molar-refractivity contribution in [1.29, 1.82) is 0 Å². The number of fused-ring (bicyclic) bond motifs is 2. The number of carbonyl (C=O) groups is 1. The molecular weight excluding hydrogens is 413 g/mol. The van der Waals surface area contributed by atoms with Gasteiger partial charge in [-0.25, -0.2) is 4.39 Å². The van der Waals surface area contributed by atoms with Gasteiger partial charge in [-0.05, 0) is 94.3 Å². The van der Waals surface area contributed by atoms with Gasteiger partial charge >= 0.3 is 0 Å². The van der Waals surface area contributed by atoms with E-state index in [1.165, 1.54) is 34.0 Å². The lowest BCUT2D eigenvalue weighted by atomic mass is 9.87. The van der Waals surface area contributed by atoms with Crippen LogP contribution in [0.5, 0.6) is 0 Å². The largest absolute Gasteiger partial charge is 0.342 e. The molecule has 0 radical (unpaired) electrons. The molecule has 2 aromatic rings. The van der Waals surface area contributed by atoms with Crippen LogP contribution in [0.4, 0.5) is 4.39 Å². The highest BCUT2D eigenvalue weighted by Gasteiger charge is 2.28. The summed E-state index contributed by atoms with van der Waals surface area (Å²) >= 11 is 0. The molecule has 2 fully saturated rings. The number of carbonyl (C=O) groups excluding carboxylic acids is 1. The number of likely N-dealkylation sites (tertiary alicyclic amines) is 2. The van der Waals surface area contributed by atoms with Gasteiger partial charge in [0.2, 0.25) is 5.91 Å². The fourth-order valence-corrected chi connectivity index (χ4v) is 5.74. The molecule has 174 valence electrons.